The number of carbonyl (C=O) groups excluding carboxylic acids is 2. The van der Waals surface area contributed by atoms with Gasteiger partial charge in [0.2, 0.25) is 5.91 Å². The van der Waals surface area contributed by atoms with Crippen molar-refractivity contribution in [3.63, 3.8) is 0 Å². The van der Waals surface area contributed by atoms with E-state index in [1.165, 1.54) is 12.8 Å². The molecule has 0 atom stereocenters. The van der Waals surface area contributed by atoms with Crippen molar-refractivity contribution in [2.45, 2.75) is 79.1 Å². The first kappa shape index (κ1) is 20.9. The zero-order valence-electron chi connectivity index (χ0n) is 15.0. The smallest absolute Gasteiger partial charge is 0.307 e. The minimum Gasteiger partial charge on any atom is -0.465 e. The molecule has 130 valence electrons. The maximum atomic E-state index is 12.3. The number of hydrogen-bond donors (Lipinski definition) is 0. The summed E-state index contributed by atoms with van der Waals surface area (Å²) in [6.07, 6.45) is 7.37. The molecule has 0 saturated heterocycles. The Bertz CT molecular complexity index is 303. The van der Waals surface area contributed by atoms with E-state index >= 15 is 0 Å². The fraction of sp³-hybridized carbons (Fsp3) is 0.889. The molecule has 0 aromatic rings. The normalized spacial score (nSPS) is 10.8. The zero-order valence-corrected chi connectivity index (χ0v) is 15.0. The van der Waals surface area contributed by atoms with Gasteiger partial charge in [0.05, 0.1) is 13.0 Å². The Hall–Kier alpha value is -1.06. The van der Waals surface area contributed by atoms with Gasteiger partial charge in [0.25, 0.3) is 0 Å². The van der Waals surface area contributed by atoms with E-state index in [0.29, 0.717) is 31.9 Å². The standard InChI is InChI=1S/C18H35NO3/c1-5-7-9-10-11-17(20)19(13-8-6-2)14-12-18(21)22-15-16(3)4/h16H,5-15H2,1-4H3. The van der Waals surface area contributed by atoms with Crippen LogP contribution in [0.2, 0.25) is 0 Å². The maximum Gasteiger partial charge on any atom is 0.307 e. The summed E-state index contributed by atoms with van der Waals surface area (Å²) < 4.78 is 5.17. The molecule has 0 heterocycles. The van der Waals surface area contributed by atoms with Gasteiger partial charge in [-0.05, 0) is 18.8 Å². The lowest BCUT2D eigenvalue weighted by Crippen LogP contribution is -2.34. The highest BCUT2D eigenvalue weighted by Crippen LogP contribution is 2.08. The molecule has 0 aliphatic heterocycles. The van der Waals surface area contributed by atoms with E-state index in [0.717, 1.165) is 32.2 Å². The molecule has 0 aliphatic rings. The topological polar surface area (TPSA) is 46.6 Å². The average molecular weight is 313 g/mol. The largest absolute Gasteiger partial charge is 0.465 e. The lowest BCUT2D eigenvalue weighted by Gasteiger charge is -2.22. The number of rotatable bonds is 13. The highest BCUT2D eigenvalue weighted by Gasteiger charge is 2.15. The predicted octanol–water partition coefficient (Wildman–Crippen LogP) is 4.17. The second kappa shape index (κ2) is 13.6. The quantitative estimate of drug-likeness (QED) is 0.378. The lowest BCUT2D eigenvalue weighted by molar-refractivity contribution is -0.145. The molecule has 4 heteroatoms. The van der Waals surface area contributed by atoms with Gasteiger partial charge in [0.1, 0.15) is 0 Å². The number of unbranched alkanes of at least 4 members (excludes halogenated alkanes) is 4. The van der Waals surface area contributed by atoms with E-state index < -0.39 is 0 Å². The van der Waals surface area contributed by atoms with Gasteiger partial charge in [-0.15, -0.1) is 0 Å². The lowest BCUT2D eigenvalue weighted by atomic mass is 10.1. The summed E-state index contributed by atoms with van der Waals surface area (Å²) in [4.78, 5) is 25.8. The van der Waals surface area contributed by atoms with Gasteiger partial charge in [0.15, 0.2) is 0 Å². The summed E-state index contributed by atoms with van der Waals surface area (Å²) in [7, 11) is 0. The number of amides is 1. The molecule has 0 saturated carbocycles. The Morgan fingerprint density at radius 3 is 2.18 bits per heavy atom. The van der Waals surface area contributed by atoms with Gasteiger partial charge in [-0.2, -0.15) is 0 Å². The molecular weight excluding hydrogens is 278 g/mol. The second-order valence-electron chi connectivity index (χ2n) is 6.37. The Balaban J connectivity index is 4.14. The van der Waals surface area contributed by atoms with Gasteiger partial charge in [-0.25, -0.2) is 0 Å². The van der Waals surface area contributed by atoms with Gasteiger partial charge >= 0.3 is 5.97 Å². The van der Waals surface area contributed by atoms with Crippen LogP contribution in [0.15, 0.2) is 0 Å². The highest BCUT2D eigenvalue weighted by molar-refractivity contribution is 5.77. The molecule has 0 bridgehead atoms. The zero-order chi connectivity index (χ0) is 16.8. The molecule has 0 fully saturated rings. The van der Waals surface area contributed by atoms with Crippen LogP contribution in [0.5, 0.6) is 0 Å². The molecule has 1 amide bonds. The number of nitrogens with zero attached hydrogens (tertiary/aromatic N) is 1. The first-order valence-corrected chi connectivity index (χ1v) is 8.94. The minimum atomic E-state index is -0.200. The van der Waals surface area contributed by atoms with Crippen molar-refractivity contribution >= 4 is 11.9 Å². The third-order valence-corrected chi connectivity index (χ3v) is 3.54. The van der Waals surface area contributed by atoms with Crippen molar-refractivity contribution in [3.05, 3.63) is 0 Å². The van der Waals surface area contributed by atoms with Crippen LogP contribution in [0.3, 0.4) is 0 Å². The first-order chi connectivity index (χ1) is 10.5. The average Bonchev–Trinajstić information content (AvgIpc) is 2.49. The van der Waals surface area contributed by atoms with Crippen LogP contribution in [-0.4, -0.2) is 36.5 Å². The van der Waals surface area contributed by atoms with Crippen molar-refractivity contribution in [2.75, 3.05) is 19.7 Å². The van der Waals surface area contributed by atoms with Gasteiger partial charge in [-0.1, -0.05) is 53.4 Å². The van der Waals surface area contributed by atoms with E-state index in [9.17, 15) is 9.59 Å². The number of carbonyl (C=O) groups is 2. The highest BCUT2D eigenvalue weighted by atomic mass is 16.5. The molecule has 0 rings (SSSR count). The minimum absolute atomic E-state index is 0.182. The van der Waals surface area contributed by atoms with Crippen molar-refractivity contribution < 1.29 is 14.3 Å². The summed E-state index contributed by atoms with van der Waals surface area (Å²) >= 11 is 0. The van der Waals surface area contributed by atoms with E-state index in [-0.39, 0.29) is 11.9 Å². The molecule has 0 aromatic carbocycles. The van der Waals surface area contributed by atoms with Crippen LogP contribution >= 0.6 is 0 Å². The molecule has 0 N–H and O–H groups in total. The Labute approximate surface area is 136 Å². The van der Waals surface area contributed by atoms with Gasteiger partial charge in [0, 0.05) is 19.5 Å². The van der Waals surface area contributed by atoms with Crippen LogP contribution in [0, 0.1) is 5.92 Å². The van der Waals surface area contributed by atoms with Crippen LogP contribution in [0.25, 0.3) is 0 Å². The summed E-state index contributed by atoms with van der Waals surface area (Å²) in [5.41, 5.74) is 0. The summed E-state index contributed by atoms with van der Waals surface area (Å²) in [5.74, 6) is 0.329. The molecule has 22 heavy (non-hydrogen) atoms. The van der Waals surface area contributed by atoms with Crippen molar-refractivity contribution in [3.8, 4) is 0 Å². The number of ether oxygens (including phenoxy) is 1. The van der Waals surface area contributed by atoms with Crippen molar-refractivity contribution in [1.29, 1.82) is 0 Å². The molecular formula is C18H35NO3. The molecule has 0 aromatic heterocycles. The third kappa shape index (κ3) is 11.6. The molecule has 0 unspecified atom stereocenters. The van der Waals surface area contributed by atoms with Crippen molar-refractivity contribution in [1.82, 2.24) is 4.90 Å². The van der Waals surface area contributed by atoms with E-state index in [1.807, 2.05) is 18.7 Å². The van der Waals surface area contributed by atoms with Crippen LogP contribution in [0.1, 0.15) is 79.1 Å². The molecule has 0 spiro atoms. The van der Waals surface area contributed by atoms with E-state index in [4.69, 9.17) is 4.74 Å². The Morgan fingerprint density at radius 1 is 0.909 bits per heavy atom. The summed E-state index contributed by atoms with van der Waals surface area (Å²) in [6, 6.07) is 0. The number of esters is 1. The summed E-state index contributed by atoms with van der Waals surface area (Å²) in [5, 5.41) is 0. The summed E-state index contributed by atoms with van der Waals surface area (Å²) in [6.45, 7) is 10.0. The van der Waals surface area contributed by atoms with Crippen LogP contribution in [-0.2, 0) is 14.3 Å². The fourth-order valence-corrected chi connectivity index (χ4v) is 2.13. The third-order valence-electron chi connectivity index (χ3n) is 3.54. The molecule has 0 aliphatic carbocycles. The van der Waals surface area contributed by atoms with Crippen molar-refractivity contribution in [2.24, 2.45) is 5.92 Å². The Morgan fingerprint density at radius 2 is 1.59 bits per heavy atom. The van der Waals surface area contributed by atoms with Gasteiger partial charge < -0.3 is 9.64 Å². The number of hydrogen-bond acceptors (Lipinski definition) is 3. The second-order valence-corrected chi connectivity index (χ2v) is 6.37. The van der Waals surface area contributed by atoms with E-state index in [2.05, 4.69) is 13.8 Å². The molecule has 0 radical (unpaired) electrons. The van der Waals surface area contributed by atoms with E-state index in [1.54, 1.807) is 0 Å². The van der Waals surface area contributed by atoms with Crippen LogP contribution in [0.4, 0.5) is 0 Å². The van der Waals surface area contributed by atoms with Crippen LogP contribution < -0.4 is 0 Å². The fourth-order valence-electron chi connectivity index (χ4n) is 2.13. The predicted molar refractivity (Wildman–Crippen MR) is 90.7 cm³/mol. The Kier molecular flexibility index (Phi) is 12.9. The van der Waals surface area contributed by atoms with Gasteiger partial charge in [-0.3, -0.25) is 9.59 Å². The molecule has 4 nitrogen and oxygen atoms in total. The first-order valence-electron chi connectivity index (χ1n) is 8.94. The SMILES string of the molecule is CCCCCCC(=O)N(CCCC)CCC(=O)OCC(C)C. The maximum absolute atomic E-state index is 12.3. The monoisotopic (exact) mass is 313 g/mol.